The molecule has 0 radical (unpaired) electrons. The van der Waals surface area contributed by atoms with Crippen LogP contribution in [0.1, 0.15) is 10.9 Å². The smallest absolute Gasteiger partial charge is 0.331 e. The largest absolute Gasteiger partial charge is 0.479 e. The fourth-order valence-corrected chi connectivity index (χ4v) is 2.49. The molecule has 0 aliphatic heterocycles. The van der Waals surface area contributed by atoms with Crippen LogP contribution in [-0.2, 0) is 9.59 Å². The Morgan fingerprint density at radius 3 is 2.85 bits per heavy atom. The molecule has 0 aliphatic rings. The van der Waals surface area contributed by atoms with Crippen molar-refractivity contribution < 1.29 is 14.7 Å². The van der Waals surface area contributed by atoms with E-state index in [1.54, 1.807) is 11.4 Å². The Balaban J connectivity index is 2.94. The standard InChI is InChI=1S/C7H6BrNO3S/c8-4-1-2-13-6(4)5(7(11)12)9-3-10/h1-3,5H,(H,9,10)(H,11,12). The Morgan fingerprint density at radius 1 is 1.77 bits per heavy atom. The van der Waals surface area contributed by atoms with Gasteiger partial charge in [-0.25, -0.2) is 4.79 Å². The van der Waals surface area contributed by atoms with E-state index < -0.39 is 12.0 Å². The summed E-state index contributed by atoms with van der Waals surface area (Å²) < 4.78 is 0.694. The normalized spacial score (nSPS) is 12.1. The third-order valence-corrected chi connectivity index (χ3v) is 3.32. The van der Waals surface area contributed by atoms with Gasteiger partial charge >= 0.3 is 5.97 Å². The van der Waals surface area contributed by atoms with Gasteiger partial charge in [-0.15, -0.1) is 11.3 Å². The molecule has 4 nitrogen and oxygen atoms in total. The van der Waals surface area contributed by atoms with Crippen molar-refractivity contribution in [2.24, 2.45) is 0 Å². The number of thiophene rings is 1. The number of halogens is 1. The van der Waals surface area contributed by atoms with Gasteiger partial charge in [0, 0.05) is 4.47 Å². The Morgan fingerprint density at radius 2 is 2.46 bits per heavy atom. The zero-order valence-electron chi connectivity index (χ0n) is 6.36. The van der Waals surface area contributed by atoms with Gasteiger partial charge < -0.3 is 10.4 Å². The van der Waals surface area contributed by atoms with Crippen molar-refractivity contribution in [2.45, 2.75) is 6.04 Å². The lowest BCUT2D eigenvalue weighted by atomic mass is 10.2. The molecule has 0 spiro atoms. The summed E-state index contributed by atoms with van der Waals surface area (Å²) >= 11 is 4.47. The molecule has 1 unspecified atom stereocenters. The Kier molecular flexibility index (Phi) is 3.44. The van der Waals surface area contributed by atoms with E-state index in [9.17, 15) is 9.59 Å². The van der Waals surface area contributed by atoms with Crippen molar-refractivity contribution in [1.82, 2.24) is 5.32 Å². The lowest BCUT2D eigenvalue weighted by Gasteiger charge is -2.08. The molecule has 1 amide bonds. The minimum atomic E-state index is -1.07. The molecule has 0 aromatic carbocycles. The summed E-state index contributed by atoms with van der Waals surface area (Å²) in [5.74, 6) is -1.07. The van der Waals surface area contributed by atoms with Gasteiger partial charge in [0.15, 0.2) is 6.04 Å². The van der Waals surface area contributed by atoms with Gasteiger partial charge in [0.05, 0.1) is 4.88 Å². The Hall–Kier alpha value is -0.880. The third-order valence-electron chi connectivity index (χ3n) is 1.39. The van der Waals surface area contributed by atoms with E-state index in [1.807, 2.05) is 0 Å². The molecule has 0 saturated carbocycles. The third kappa shape index (κ3) is 2.28. The fraction of sp³-hybridized carbons (Fsp3) is 0.143. The number of carbonyl (C=O) groups is 2. The molecule has 70 valence electrons. The molecule has 2 N–H and O–H groups in total. The van der Waals surface area contributed by atoms with Crippen LogP contribution in [0, 0.1) is 0 Å². The summed E-state index contributed by atoms with van der Waals surface area (Å²) in [6.45, 7) is 0. The van der Waals surface area contributed by atoms with Crippen LogP contribution >= 0.6 is 27.3 Å². The highest BCUT2D eigenvalue weighted by Gasteiger charge is 2.22. The minimum Gasteiger partial charge on any atom is -0.479 e. The maximum atomic E-state index is 10.7. The van der Waals surface area contributed by atoms with Crippen molar-refractivity contribution in [1.29, 1.82) is 0 Å². The molecular weight excluding hydrogens is 258 g/mol. The Labute approximate surface area is 86.7 Å². The minimum absolute atomic E-state index is 0.380. The van der Waals surface area contributed by atoms with E-state index in [4.69, 9.17) is 5.11 Å². The van der Waals surface area contributed by atoms with Crippen LogP contribution in [0.4, 0.5) is 0 Å². The van der Waals surface area contributed by atoms with Crippen molar-refractivity contribution in [3.05, 3.63) is 20.8 Å². The first-order chi connectivity index (χ1) is 6.16. The Bertz CT molecular complexity index is 325. The van der Waals surface area contributed by atoms with Crippen LogP contribution in [0.3, 0.4) is 0 Å². The highest BCUT2D eigenvalue weighted by molar-refractivity contribution is 9.10. The number of carboxylic acids is 1. The number of carboxylic acid groups (broad SMARTS) is 1. The summed E-state index contributed by atoms with van der Waals surface area (Å²) in [5.41, 5.74) is 0. The first kappa shape index (κ1) is 10.2. The van der Waals surface area contributed by atoms with Gasteiger partial charge in [0.2, 0.25) is 6.41 Å². The molecule has 0 saturated heterocycles. The average Bonchev–Trinajstić information content (AvgIpc) is 2.47. The van der Waals surface area contributed by atoms with Crippen molar-refractivity contribution >= 4 is 39.6 Å². The number of rotatable bonds is 4. The molecule has 0 bridgehead atoms. The number of hydrogen-bond acceptors (Lipinski definition) is 3. The molecule has 1 heterocycles. The summed E-state index contributed by atoms with van der Waals surface area (Å²) in [6, 6.07) is 0.773. The number of amides is 1. The second-order valence-corrected chi connectivity index (χ2v) is 3.99. The quantitative estimate of drug-likeness (QED) is 0.807. The first-order valence-corrected chi connectivity index (χ1v) is 4.99. The lowest BCUT2D eigenvalue weighted by Crippen LogP contribution is -2.26. The van der Waals surface area contributed by atoms with Crippen LogP contribution in [0.25, 0.3) is 0 Å². The number of aliphatic carboxylic acids is 1. The monoisotopic (exact) mass is 263 g/mol. The number of carbonyl (C=O) groups excluding carboxylic acids is 1. The highest BCUT2D eigenvalue weighted by atomic mass is 79.9. The molecule has 1 atom stereocenters. The van der Waals surface area contributed by atoms with Gasteiger partial charge in [-0.05, 0) is 27.4 Å². The van der Waals surface area contributed by atoms with E-state index in [-0.39, 0.29) is 0 Å². The zero-order valence-corrected chi connectivity index (χ0v) is 8.76. The summed E-state index contributed by atoms with van der Waals surface area (Å²) in [5, 5.41) is 12.7. The molecule has 13 heavy (non-hydrogen) atoms. The van der Waals surface area contributed by atoms with Crippen molar-refractivity contribution in [3.63, 3.8) is 0 Å². The molecule has 1 aromatic heterocycles. The van der Waals surface area contributed by atoms with Crippen LogP contribution in [0.5, 0.6) is 0 Å². The predicted octanol–water partition coefficient (Wildman–Crippen LogP) is 1.38. The van der Waals surface area contributed by atoms with Gasteiger partial charge in [0.1, 0.15) is 0 Å². The number of hydrogen-bond donors (Lipinski definition) is 2. The van der Waals surface area contributed by atoms with E-state index >= 15 is 0 Å². The average molecular weight is 264 g/mol. The van der Waals surface area contributed by atoms with Gasteiger partial charge in [-0.1, -0.05) is 0 Å². The van der Waals surface area contributed by atoms with E-state index in [0.29, 0.717) is 15.8 Å². The predicted molar refractivity (Wildman–Crippen MR) is 51.6 cm³/mol. The maximum absolute atomic E-state index is 10.7. The fourth-order valence-electron chi connectivity index (χ4n) is 0.839. The van der Waals surface area contributed by atoms with Crippen LogP contribution in [0.15, 0.2) is 15.9 Å². The maximum Gasteiger partial charge on any atom is 0.331 e. The summed E-state index contributed by atoms with van der Waals surface area (Å²) in [4.78, 5) is 21.4. The SMILES string of the molecule is O=CNC(C(=O)O)c1sccc1Br. The summed E-state index contributed by atoms with van der Waals surface area (Å²) in [6.07, 6.45) is 0.380. The van der Waals surface area contributed by atoms with Gasteiger partial charge in [-0.2, -0.15) is 0 Å². The molecule has 1 rings (SSSR count). The number of nitrogens with one attached hydrogen (secondary N) is 1. The summed E-state index contributed by atoms with van der Waals surface area (Å²) in [7, 11) is 0. The zero-order chi connectivity index (χ0) is 9.84. The molecule has 0 fully saturated rings. The molecule has 0 aliphatic carbocycles. The van der Waals surface area contributed by atoms with Crippen LogP contribution in [0.2, 0.25) is 0 Å². The highest BCUT2D eigenvalue weighted by Crippen LogP contribution is 2.28. The van der Waals surface area contributed by atoms with E-state index in [0.717, 1.165) is 0 Å². The van der Waals surface area contributed by atoms with E-state index in [1.165, 1.54) is 11.3 Å². The van der Waals surface area contributed by atoms with Crippen LogP contribution in [-0.4, -0.2) is 17.5 Å². The topological polar surface area (TPSA) is 66.4 Å². The molecule has 6 heteroatoms. The van der Waals surface area contributed by atoms with Crippen molar-refractivity contribution in [3.8, 4) is 0 Å². The molecule has 1 aromatic rings. The van der Waals surface area contributed by atoms with E-state index in [2.05, 4.69) is 21.2 Å². The van der Waals surface area contributed by atoms with Crippen molar-refractivity contribution in [2.75, 3.05) is 0 Å². The second kappa shape index (κ2) is 4.38. The first-order valence-electron chi connectivity index (χ1n) is 3.32. The lowest BCUT2D eigenvalue weighted by molar-refractivity contribution is -0.140. The van der Waals surface area contributed by atoms with Gasteiger partial charge in [0.25, 0.3) is 0 Å². The second-order valence-electron chi connectivity index (χ2n) is 2.19. The van der Waals surface area contributed by atoms with Crippen LogP contribution < -0.4 is 5.32 Å². The van der Waals surface area contributed by atoms with Gasteiger partial charge in [-0.3, -0.25) is 4.79 Å². The molecular formula is C7H6BrNO3S.